The van der Waals surface area contributed by atoms with Crippen LogP contribution < -0.4 is 10.1 Å². The minimum absolute atomic E-state index is 0.266. The predicted molar refractivity (Wildman–Crippen MR) is 85.9 cm³/mol. The molecule has 23 heavy (non-hydrogen) atoms. The third-order valence-electron chi connectivity index (χ3n) is 3.03. The summed E-state index contributed by atoms with van der Waals surface area (Å²) in [5.74, 6) is 0.325. The predicted octanol–water partition coefficient (Wildman–Crippen LogP) is 5.64. The molecule has 1 aromatic heterocycles. The van der Waals surface area contributed by atoms with E-state index >= 15 is 0 Å². The number of hydrogen-bond acceptors (Lipinski definition) is 3. The molecule has 7 heteroatoms. The minimum Gasteiger partial charge on any atom is -0.406 e. The van der Waals surface area contributed by atoms with Gasteiger partial charge >= 0.3 is 6.36 Å². The highest BCUT2D eigenvalue weighted by atomic mass is 79.9. The molecule has 0 radical (unpaired) electrons. The first-order valence-corrected chi connectivity index (χ1v) is 7.38. The zero-order chi connectivity index (χ0) is 16.4. The fraction of sp³-hybridized carbons (Fsp3) is 0.0625. The standard InChI is InChI=1S/C16H10BrF3N2O/c17-13-3-1-2-10-4-9-14(22-15(10)13)21-11-5-7-12(8-6-11)23-16(18,19)20/h1-9H,(H,21,22). The second kappa shape index (κ2) is 6.08. The van der Waals surface area contributed by atoms with E-state index in [1.54, 1.807) is 6.07 Å². The highest BCUT2D eigenvalue weighted by Crippen LogP contribution is 2.27. The van der Waals surface area contributed by atoms with E-state index in [1.165, 1.54) is 24.3 Å². The number of pyridine rings is 1. The van der Waals surface area contributed by atoms with E-state index in [2.05, 4.69) is 31.0 Å². The number of fused-ring (bicyclic) bond motifs is 1. The van der Waals surface area contributed by atoms with Crippen LogP contribution in [-0.4, -0.2) is 11.3 Å². The molecule has 3 nitrogen and oxygen atoms in total. The van der Waals surface area contributed by atoms with Gasteiger partial charge in [-0.3, -0.25) is 0 Å². The fourth-order valence-corrected chi connectivity index (χ4v) is 2.54. The van der Waals surface area contributed by atoms with E-state index in [0.29, 0.717) is 11.5 Å². The molecule has 0 spiro atoms. The Bertz CT molecular complexity index is 835. The van der Waals surface area contributed by atoms with Crippen LogP contribution >= 0.6 is 15.9 Å². The zero-order valence-electron chi connectivity index (χ0n) is 11.6. The van der Waals surface area contributed by atoms with E-state index in [9.17, 15) is 13.2 Å². The van der Waals surface area contributed by atoms with Crippen LogP contribution in [0.2, 0.25) is 0 Å². The van der Waals surface area contributed by atoms with Gasteiger partial charge in [-0.2, -0.15) is 0 Å². The highest BCUT2D eigenvalue weighted by Gasteiger charge is 2.30. The smallest absolute Gasteiger partial charge is 0.406 e. The van der Waals surface area contributed by atoms with Crippen molar-refractivity contribution in [3.05, 3.63) is 59.1 Å². The van der Waals surface area contributed by atoms with E-state index in [4.69, 9.17) is 0 Å². The maximum Gasteiger partial charge on any atom is 0.573 e. The van der Waals surface area contributed by atoms with E-state index < -0.39 is 6.36 Å². The monoisotopic (exact) mass is 382 g/mol. The second-order valence-corrected chi connectivity index (χ2v) is 5.56. The van der Waals surface area contributed by atoms with Crippen LogP contribution in [0.5, 0.6) is 5.75 Å². The molecule has 1 heterocycles. The van der Waals surface area contributed by atoms with E-state index in [-0.39, 0.29) is 5.75 Å². The Morgan fingerprint density at radius 3 is 2.39 bits per heavy atom. The maximum absolute atomic E-state index is 12.1. The molecule has 0 amide bonds. The summed E-state index contributed by atoms with van der Waals surface area (Å²) < 4.78 is 41.1. The van der Waals surface area contributed by atoms with Gasteiger partial charge in [0.05, 0.1) is 5.52 Å². The molecule has 0 saturated carbocycles. The van der Waals surface area contributed by atoms with Gasteiger partial charge in [0.2, 0.25) is 0 Å². The lowest BCUT2D eigenvalue weighted by Crippen LogP contribution is -2.16. The summed E-state index contributed by atoms with van der Waals surface area (Å²) >= 11 is 3.44. The molecule has 3 aromatic rings. The van der Waals surface area contributed by atoms with Gasteiger partial charge in [-0.15, -0.1) is 13.2 Å². The van der Waals surface area contributed by atoms with Crippen molar-refractivity contribution < 1.29 is 17.9 Å². The number of benzene rings is 2. The van der Waals surface area contributed by atoms with Crippen molar-refractivity contribution >= 4 is 38.3 Å². The van der Waals surface area contributed by atoms with Crippen molar-refractivity contribution in [2.24, 2.45) is 0 Å². The van der Waals surface area contributed by atoms with Crippen LogP contribution in [0, 0.1) is 0 Å². The lowest BCUT2D eigenvalue weighted by Gasteiger charge is -2.10. The van der Waals surface area contributed by atoms with E-state index in [0.717, 1.165) is 15.4 Å². The first kappa shape index (κ1) is 15.6. The molecule has 0 aliphatic heterocycles. The van der Waals surface area contributed by atoms with Gasteiger partial charge in [-0.25, -0.2) is 4.98 Å². The Morgan fingerprint density at radius 2 is 1.70 bits per heavy atom. The Hall–Kier alpha value is -2.28. The minimum atomic E-state index is -4.69. The summed E-state index contributed by atoms with van der Waals surface area (Å²) in [4.78, 5) is 4.48. The number of nitrogens with one attached hydrogen (secondary N) is 1. The number of ether oxygens (including phenoxy) is 1. The molecule has 0 bridgehead atoms. The molecule has 2 aromatic carbocycles. The Labute approximate surface area is 138 Å². The number of hydrogen-bond donors (Lipinski definition) is 1. The van der Waals surface area contributed by atoms with Crippen LogP contribution in [0.3, 0.4) is 0 Å². The number of aromatic nitrogens is 1. The summed E-state index contributed by atoms with van der Waals surface area (Å²) in [6.07, 6.45) is -4.69. The van der Waals surface area contributed by atoms with Gasteiger partial charge in [0.25, 0.3) is 0 Å². The summed E-state index contributed by atoms with van der Waals surface area (Å²) in [7, 11) is 0. The summed E-state index contributed by atoms with van der Waals surface area (Å²) in [6.45, 7) is 0. The van der Waals surface area contributed by atoms with Crippen LogP contribution in [-0.2, 0) is 0 Å². The van der Waals surface area contributed by atoms with Crippen molar-refractivity contribution in [2.45, 2.75) is 6.36 Å². The van der Waals surface area contributed by atoms with Gasteiger partial charge in [0.15, 0.2) is 0 Å². The average Bonchev–Trinajstić information content (AvgIpc) is 2.49. The highest BCUT2D eigenvalue weighted by molar-refractivity contribution is 9.10. The van der Waals surface area contributed by atoms with Gasteiger partial charge in [0, 0.05) is 15.5 Å². The molecule has 0 atom stereocenters. The quantitative estimate of drug-likeness (QED) is 0.636. The first-order chi connectivity index (χ1) is 10.9. The zero-order valence-corrected chi connectivity index (χ0v) is 13.1. The molecule has 0 aliphatic carbocycles. The van der Waals surface area contributed by atoms with Crippen LogP contribution in [0.15, 0.2) is 59.1 Å². The lowest BCUT2D eigenvalue weighted by molar-refractivity contribution is -0.274. The topological polar surface area (TPSA) is 34.1 Å². The molecular formula is C16H10BrF3N2O. The Balaban J connectivity index is 1.80. The number of rotatable bonds is 3. The van der Waals surface area contributed by atoms with Crippen molar-refractivity contribution in [2.75, 3.05) is 5.32 Å². The van der Waals surface area contributed by atoms with Crippen molar-refractivity contribution in [3.63, 3.8) is 0 Å². The Morgan fingerprint density at radius 1 is 0.957 bits per heavy atom. The third kappa shape index (κ3) is 3.92. The summed E-state index contributed by atoms with van der Waals surface area (Å²) in [6, 6.07) is 14.9. The molecule has 0 aliphatic rings. The van der Waals surface area contributed by atoms with Gasteiger partial charge in [0.1, 0.15) is 11.6 Å². The first-order valence-electron chi connectivity index (χ1n) is 6.59. The molecule has 1 N–H and O–H groups in total. The SMILES string of the molecule is FC(F)(F)Oc1ccc(Nc2ccc3cccc(Br)c3n2)cc1. The van der Waals surface area contributed by atoms with Crippen molar-refractivity contribution in [1.82, 2.24) is 4.98 Å². The average molecular weight is 383 g/mol. The maximum atomic E-state index is 12.1. The number of alkyl halides is 3. The Kier molecular flexibility index (Phi) is 4.12. The van der Waals surface area contributed by atoms with Gasteiger partial charge < -0.3 is 10.1 Å². The third-order valence-corrected chi connectivity index (χ3v) is 3.67. The normalized spacial score (nSPS) is 11.5. The second-order valence-electron chi connectivity index (χ2n) is 4.71. The number of para-hydroxylation sites is 1. The number of nitrogens with zero attached hydrogens (tertiary/aromatic N) is 1. The van der Waals surface area contributed by atoms with Crippen molar-refractivity contribution in [1.29, 1.82) is 0 Å². The van der Waals surface area contributed by atoms with Gasteiger partial charge in [-0.05, 0) is 58.4 Å². The number of anilines is 2. The molecule has 0 unspecified atom stereocenters. The lowest BCUT2D eigenvalue weighted by atomic mass is 10.2. The molecule has 3 rings (SSSR count). The van der Waals surface area contributed by atoms with Crippen LogP contribution in [0.4, 0.5) is 24.7 Å². The molecule has 0 fully saturated rings. The largest absolute Gasteiger partial charge is 0.573 e. The van der Waals surface area contributed by atoms with Gasteiger partial charge in [-0.1, -0.05) is 12.1 Å². The summed E-state index contributed by atoms with van der Waals surface area (Å²) in [5, 5.41) is 4.03. The number of halogens is 4. The fourth-order valence-electron chi connectivity index (χ4n) is 2.07. The van der Waals surface area contributed by atoms with Crippen LogP contribution in [0.25, 0.3) is 10.9 Å². The molecular weight excluding hydrogens is 373 g/mol. The van der Waals surface area contributed by atoms with E-state index in [1.807, 2.05) is 24.3 Å². The van der Waals surface area contributed by atoms with Crippen molar-refractivity contribution in [3.8, 4) is 5.75 Å². The van der Waals surface area contributed by atoms with Crippen LogP contribution in [0.1, 0.15) is 0 Å². The molecule has 0 saturated heterocycles. The molecule has 118 valence electrons. The summed E-state index contributed by atoms with van der Waals surface area (Å²) in [5.41, 5.74) is 1.41.